The molecule has 0 unspecified atom stereocenters. The number of nitrogens with zero attached hydrogens (tertiary/aromatic N) is 5. The van der Waals surface area contributed by atoms with E-state index in [1.807, 2.05) is 60.0 Å². The van der Waals surface area contributed by atoms with E-state index in [0.29, 0.717) is 13.1 Å². The summed E-state index contributed by atoms with van der Waals surface area (Å²) in [7, 11) is 0. The molecule has 0 aliphatic carbocycles. The molecule has 0 aliphatic heterocycles. The second-order valence-corrected chi connectivity index (χ2v) is 6.02. The predicted octanol–water partition coefficient (Wildman–Crippen LogP) is 1.94. The molecule has 3 aromatic heterocycles. The maximum atomic E-state index is 9.10. The third-order valence-electron chi connectivity index (χ3n) is 4.31. The van der Waals surface area contributed by atoms with Gasteiger partial charge in [0.05, 0.1) is 18.8 Å². The van der Waals surface area contributed by atoms with Crippen LogP contribution in [-0.4, -0.2) is 36.3 Å². The van der Waals surface area contributed by atoms with E-state index in [4.69, 9.17) is 5.11 Å². The third-order valence-corrected chi connectivity index (χ3v) is 4.31. The Bertz CT molecular complexity index is 808. The number of pyridine rings is 1. The Hall–Kier alpha value is -2.67. The monoisotopic (exact) mass is 340 g/mol. The van der Waals surface area contributed by atoms with Crippen LogP contribution in [0.3, 0.4) is 0 Å². The van der Waals surface area contributed by atoms with Crippen molar-refractivity contribution in [3.8, 4) is 0 Å². The molecule has 7 heteroatoms. The van der Waals surface area contributed by atoms with Crippen LogP contribution in [0, 0.1) is 13.8 Å². The van der Waals surface area contributed by atoms with Gasteiger partial charge < -0.3 is 10.4 Å². The molecule has 0 aliphatic rings. The second-order valence-electron chi connectivity index (χ2n) is 6.02. The van der Waals surface area contributed by atoms with Gasteiger partial charge in [0.1, 0.15) is 5.82 Å². The summed E-state index contributed by atoms with van der Waals surface area (Å²) in [5.41, 5.74) is 4.47. The smallest absolute Gasteiger partial charge is 0.148 e. The van der Waals surface area contributed by atoms with Crippen LogP contribution in [-0.2, 0) is 26.1 Å². The summed E-state index contributed by atoms with van der Waals surface area (Å²) >= 11 is 0. The van der Waals surface area contributed by atoms with E-state index in [9.17, 15) is 0 Å². The summed E-state index contributed by atoms with van der Waals surface area (Å²) < 4.78 is 3.79. The molecule has 25 heavy (non-hydrogen) atoms. The second kappa shape index (κ2) is 7.94. The number of anilines is 1. The van der Waals surface area contributed by atoms with Gasteiger partial charge in [0.15, 0.2) is 0 Å². The zero-order chi connectivity index (χ0) is 17.6. The molecule has 0 amide bonds. The largest absolute Gasteiger partial charge is 0.394 e. The Morgan fingerprint density at radius 3 is 2.64 bits per heavy atom. The highest BCUT2D eigenvalue weighted by Crippen LogP contribution is 2.15. The molecule has 0 radical (unpaired) electrons. The Balaban J connectivity index is 1.57. The van der Waals surface area contributed by atoms with Gasteiger partial charge in [-0.25, -0.2) is 0 Å². The van der Waals surface area contributed by atoms with Crippen molar-refractivity contribution in [3.05, 3.63) is 59.3 Å². The highest BCUT2D eigenvalue weighted by atomic mass is 16.3. The molecule has 0 atom stereocenters. The number of hydrogen-bond acceptors (Lipinski definition) is 5. The number of nitrogens with one attached hydrogen (secondary N) is 1. The third kappa shape index (κ3) is 4.24. The SMILES string of the molecule is Cc1nn(CCO)c(C)c1CNc1ccn(CCc2ccncc2)n1. The van der Waals surface area contributed by atoms with Crippen molar-refractivity contribution in [3.63, 3.8) is 0 Å². The summed E-state index contributed by atoms with van der Waals surface area (Å²) in [6.45, 7) is 6.14. The lowest BCUT2D eigenvalue weighted by molar-refractivity contribution is 0.268. The van der Waals surface area contributed by atoms with Crippen LogP contribution in [0.5, 0.6) is 0 Å². The minimum Gasteiger partial charge on any atom is -0.394 e. The first-order chi connectivity index (χ1) is 12.2. The van der Waals surface area contributed by atoms with Crippen LogP contribution in [0.15, 0.2) is 36.8 Å². The molecular weight excluding hydrogens is 316 g/mol. The van der Waals surface area contributed by atoms with Gasteiger partial charge in [-0.3, -0.25) is 14.3 Å². The lowest BCUT2D eigenvalue weighted by atomic mass is 10.2. The Labute approximate surface area is 147 Å². The Morgan fingerprint density at radius 1 is 1.08 bits per heavy atom. The molecule has 3 rings (SSSR count). The molecule has 7 nitrogen and oxygen atoms in total. The number of aliphatic hydroxyl groups is 1. The highest BCUT2D eigenvalue weighted by Gasteiger charge is 2.11. The molecule has 0 spiro atoms. The van der Waals surface area contributed by atoms with E-state index in [1.54, 1.807) is 0 Å². The fraction of sp³-hybridized carbons (Fsp3) is 0.389. The van der Waals surface area contributed by atoms with E-state index in [0.717, 1.165) is 35.7 Å². The molecule has 2 N–H and O–H groups in total. The summed E-state index contributed by atoms with van der Waals surface area (Å²) in [6, 6.07) is 6.03. The molecule has 0 aromatic carbocycles. The molecule has 3 aromatic rings. The van der Waals surface area contributed by atoms with E-state index in [2.05, 4.69) is 20.5 Å². The molecule has 3 heterocycles. The zero-order valence-corrected chi connectivity index (χ0v) is 14.7. The Morgan fingerprint density at radius 2 is 1.88 bits per heavy atom. The number of aliphatic hydroxyl groups excluding tert-OH is 1. The van der Waals surface area contributed by atoms with Crippen molar-refractivity contribution in [2.75, 3.05) is 11.9 Å². The van der Waals surface area contributed by atoms with Gasteiger partial charge in [-0.2, -0.15) is 10.2 Å². The topological polar surface area (TPSA) is 80.8 Å². The van der Waals surface area contributed by atoms with Crippen molar-refractivity contribution in [1.82, 2.24) is 24.5 Å². The first kappa shape index (κ1) is 17.2. The van der Waals surface area contributed by atoms with Gasteiger partial charge in [-0.15, -0.1) is 0 Å². The van der Waals surface area contributed by atoms with E-state index < -0.39 is 0 Å². The average molecular weight is 340 g/mol. The summed E-state index contributed by atoms with van der Waals surface area (Å²) in [6.07, 6.45) is 6.54. The van der Waals surface area contributed by atoms with Crippen LogP contribution in [0.1, 0.15) is 22.5 Å². The van der Waals surface area contributed by atoms with Crippen molar-refractivity contribution in [1.29, 1.82) is 0 Å². The summed E-state index contributed by atoms with van der Waals surface area (Å²) in [5, 5.41) is 21.5. The van der Waals surface area contributed by atoms with Crippen molar-refractivity contribution in [2.24, 2.45) is 0 Å². The minimum atomic E-state index is 0.0940. The van der Waals surface area contributed by atoms with Crippen LogP contribution >= 0.6 is 0 Å². The zero-order valence-electron chi connectivity index (χ0n) is 14.7. The van der Waals surface area contributed by atoms with Crippen LogP contribution in [0.4, 0.5) is 5.82 Å². The maximum Gasteiger partial charge on any atom is 0.148 e. The lowest BCUT2D eigenvalue weighted by Crippen LogP contribution is -2.07. The van der Waals surface area contributed by atoms with Crippen LogP contribution in [0.25, 0.3) is 0 Å². The lowest BCUT2D eigenvalue weighted by Gasteiger charge is -2.05. The molecule has 0 fully saturated rings. The van der Waals surface area contributed by atoms with E-state index >= 15 is 0 Å². The number of aryl methyl sites for hydroxylation is 3. The molecule has 0 saturated carbocycles. The standard InChI is InChI=1S/C18H24N6O/c1-14-17(15(2)24(21-14)11-12-25)13-20-18-6-10-23(22-18)9-5-16-3-7-19-8-4-16/h3-4,6-8,10,25H,5,9,11-13H2,1-2H3,(H,20,22). The normalized spacial score (nSPS) is 11.0. The first-order valence-corrected chi connectivity index (χ1v) is 8.47. The molecule has 0 saturated heterocycles. The minimum absolute atomic E-state index is 0.0940. The van der Waals surface area contributed by atoms with Crippen molar-refractivity contribution >= 4 is 5.82 Å². The van der Waals surface area contributed by atoms with Gasteiger partial charge in [0.2, 0.25) is 0 Å². The van der Waals surface area contributed by atoms with Gasteiger partial charge in [-0.05, 0) is 38.0 Å². The van der Waals surface area contributed by atoms with Gasteiger partial charge in [0.25, 0.3) is 0 Å². The van der Waals surface area contributed by atoms with Gasteiger partial charge in [0, 0.05) is 49.0 Å². The summed E-state index contributed by atoms with van der Waals surface area (Å²) in [5.74, 6) is 0.850. The van der Waals surface area contributed by atoms with Crippen LogP contribution < -0.4 is 5.32 Å². The van der Waals surface area contributed by atoms with Crippen molar-refractivity contribution in [2.45, 2.75) is 39.9 Å². The molecular formula is C18H24N6O. The number of hydrogen-bond donors (Lipinski definition) is 2. The fourth-order valence-electron chi connectivity index (χ4n) is 2.85. The Kier molecular flexibility index (Phi) is 5.45. The van der Waals surface area contributed by atoms with Crippen molar-refractivity contribution < 1.29 is 5.11 Å². The number of aromatic nitrogens is 5. The molecule has 132 valence electrons. The molecule has 0 bridgehead atoms. The average Bonchev–Trinajstić information content (AvgIpc) is 3.18. The maximum absolute atomic E-state index is 9.10. The highest BCUT2D eigenvalue weighted by molar-refractivity contribution is 5.36. The predicted molar refractivity (Wildman–Crippen MR) is 96.3 cm³/mol. The van der Waals surface area contributed by atoms with E-state index in [1.165, 1.54) is 5.56 Å². The van der Waals surface area contributed by atoms with Crippen LogP contribution in [0.2, 0.25) is 0 Å². The number of rotatable bonds is 8. The quantitative estimate of drug-likeness (QED) is 0.655. The van der Waals surface area contributed by atoms with Gasteiger partial charge in [-0.1, -0.05) is 0 Å². The summed E-state index contributed by atoms with van der Waals surface area (Å²) in [4.78, 5) is 4.03. The van der Waals surface area contributed by atoms with E-state index in [-0.39, 0.29) is 6.61 Å². The first-order valence-electron chi connectivity index (χ1n) is 8.47. The fourth-order valence-corrected chi connectivity index (χ4v) is 2.85. The van der Waals surface area contributed by atoms with Gasteiger partial charge >= 0.3 is 0 Å².